The second kappa shape index (κ2) is 6.60. The molecule has 0 spiro atoms. The normalized spacial score (nSPS) is 15.8. The summed E-state index contributed by atoms with van der Waals surface area (Å²) in [5.74, 6) is -0.211. The number of nitriles is 1. The third kappa shape index (κ3) is 3.05. The lowest BCUT2D eigenvalue weighted by molar-refractivity contribution is -0.123. The molecule has 2 heterocycles. The number of hydrogen-bond donors (Lipinski definition) is 1. The Balaban J connectivity index is 1.63. The Kier molecular flexibility index (Phi) is 4.23. The topological polar surface area (TPSA) is 106 Å². The zero-order valence-corrected chi connectivity index (χ0v) is 15.7. The summed E-state index contributed by atoms with van der Waals surface area (Å²) in [4.78, 5) is 29.6. The SMILES string of the molecule is Cc1ccccc1-n1ncc2c(=O)n(CC(=O)NC(C)(C#N)C3CC3)cnc21. The van der Waals surface area contributed by atoms with Crippen LogP contribution in [0.4, 0.5) is 0 Å². The number of para-hydroxylation sites is 1. The second-order valence-electron chi connectivity index (χ2n) is 7.39. The number of carbonyl (C=O) groups is 1. The van der Waals surface area contributed by atoms with Gasteiger partial charge in [0.15, 0.2) is 5.65 Å². The van der Waals surface area contributed by atoms with Crippen molar-refractivity contribution in [3.63, 3.8) is 0 Å². The number of rotatable bonds is 5. The van der Waals surface area contributed by atoms with Crippen molar-refractivity contribution in [1.82, 2.24) is 24.6 Å². The molecule has 8 heteroatoms. The Bertz CT molecular complexity index is 1170. The molecule has 1 fully saturated rings. The third-order valence-corrected chi connectivity index (χ3v) is 5.24. The van der Waals surface area contributed by atoms with Gasteiger partial charge in [0.1, 0.15) is 23.8 Å². The minimum absolute atomic E-state index is 0.172. The number of aryl methyl sites for hydroxylation is 1. The van der Waals surface area contributed by atoms with E-state index in [0.29, 0.717) is 11.0 Å². The van der Waals surface area contributed by atoms with Gasteiger partial charge in [-0.2, -0.15) is 10.4 Å². The standard InChI is InChI=1S/C20H20N6O2/c1-13-5-3-4-6-16(13)26-18-15(9-23-26)19(28)25(12-22-18)10-17(27)24-20(2,11-21)14-7-8-14/h3-6,9,12,14H,7-8,10H2,1-2H3,(H,24,27). The van der Waals surface area contributed by atoms with Crippen molar-refractivity contribution < 1.29 is 4.79 Å². The van der Waals surface area contributed by atoms with Crippen LogP contribution in [0.1, 0.15) is 25.3 Å². The first-order valence-electron chi connectivity index (χ1n) is 9.14. The van der Waals surface area contributed by atoms with Crippen molar-refractivity contribution in [3.8, 4) is 11.8 Å². The van der Waals surface area contributed by atoms with Gasteiger partial charge in [0.25, 0.3) is 5.56 Å². The fourth-order valence-electron chi connectivity index (χ4n) is 3.40. The van der Waals surface area contributed by atoms with Gasteiger partial charge >= 0.3 is 0 Å². The molecule has 1 amide bonds. The number of nitrogens with one attached hydrogen (secondary N) is 1. The molecular weight excluding hydrogens is 356 g/mol. The van der Waals surface area contributed by atoms with Gasteiger partial charge in [0.05, 0.1) is 18.0 Å². The molecule has 0 saturated heterocycles. The maximum absolute atomic E-state index is 12.8. The Morgan fingerprint density at radius 3 is 2.82 bits per heavy atom. The fraction of sp³-hybridized carbons (Fsp3) is 0.350. The first-order chi connectivity index (χ1) is 13.4. The minimum atomic E-state index is -0.895. The number of hydrogen-bond acceptors (Lipinski definition) is 5. The summed E-state index contributed by atoms with van der Waals surface area (Å²) in [5.41, 5.74) is 1.05. The molecule has 1 N–H and O–H groups in total. The molecule has 1 aliphatic carbocycles. The number of aromatic nitrogens is 4. The smallest absolute Gasteiger partial charge is 0.264 e. The van der Waals surface area contributed by atoms with E-state index in [1.165, 1.54) is 17.1 Å². The van der Waals surface area contributed by atoms with E-state index in [1.807, 2.05) is 31.2 Å². The number of nitrogens with zero attached hydrogens (tertiary/aromatic N) is 5. The molecule has 142 valence electrons. The van der Waals surface area contributed by atoms with Crippen LogP contribution in [-0.4, -0.2) is 30.8 Å². The average molecular weight is 376 g/mol. The van der Waals surface area contributed by atoms with E-state index in [-0.39, 0.29) is 23.9 Å². The highest BCUT2D eigenvalue weighted by atomic mass is 16.2. The highest BCUT2D eigenvalue weighted by Crippen LogP contribution is 2.39. The predicted molar refractivity (Wildman–Crippen MR) is 103 cm³/mol. The summed E-state index contributed by atoms with van der Waals surface area (Å²) in [6, 6.07) is 9.87. The van der Waals surface area contributed by atoms with E-state index >= 15 is 0 Å². The van der Waals surface area contributed by atoms with Gasteiger partial charge in [0, 0.05) is 0 Å². The molecule has 0 radical (unpaired) electrons. The van der Waals surface area contributed by atoms with Gasteiger partial charge in [-0.3, -0.25) is 14.2 Å². The number of fused-ring (bicyclic) bond motifs is 1. The summed E-state index contributed by atoms with van der Waals surface area (Å²) in [6.45, 7) is 3.49. The van der Waals surface area contributed by atoms with Crippen LogP contribution >= 0.6 is 0 Å². The summed E-state index contributed by atoms with van der Waals surface area (Å²) < 4.78 is 2.86. The van der Waals surface area contributed by atoms with Crippen LogP contribution in [0.5, 0.6) is 0 Å². The van der Waals surface area contributed by atoms with Crippen LogP contribution in [0, 0.1) is 24.2 Å². The Labute approximate surface area is 161 Å². The second-order valence-corrected chi connectivity index (χ2v) is 7.39. The highest BCUT2D eigenvalue weighted by Gasteiger charge is 2.43. The van der Waals surface area contributed by atoms with E-state index in [0.717, 1.165) is 24.1 Å². The first-order valence-corrected chi connectivity index (χ1v) is 9.14. The fourth-order valence-corrected chi connectivity index (χ4v) is 3.40. The van der Waals surface area contributed by atoms with Gasteiger partial charge in [-0.15, -0.1) is 0 Å². The van der Waals surface area contributed by atoms with Crippen LogP contribution in [0.3, 0.4) is 0 Å². The van der Waals surface area contributed by atoms with Crippen molar-refractivity contribution in [2.24, 2.45) is 5.92 Å². The molecule has 28 heavy (non-hydrogen) atoms. The molecule has 0 aliphatic heterocycles. The molecule has 1 unspecified atom stereocenters. The van der Waals surface area contributed by atoms with Gasteiger partial charge in [-0.1, -0.05) is 18.2 Å². The number of carbonyl (C=O) groups excluding carboxylic acids is 1. The van der Waals surface area contributed by atoms with Crippen molar-refractivity contribution in [2.45, 2.75) is 38.8 Å². The molecule has 4 rings (SSSR count). The molecule has 1 aromatic carbocycles. The van der Waals surface area contributed by atoms with Crippen LogP contribution < -0.4 is 10.9 Å². The van der Waals surface area contributed by atoms with E-state index in [4.69, 9.17) is 0 Å². The zero-order chi connectivity index (χ0) is 19.9. The van der Waals surface area contributed by atoms with E-state index in [1.54, 1.807) is 11.6 Å². The maximum atomic E-state index is 12.8. The molecule has 2 aromatic heterocycles. The molecule has 0 bridgehead atoms. The quantitative estimate of drug-likeness (QED) is 0.729. The third-order valence-electron chi connectivity index (χ3n) is 5.24. The highest BCUT2D eigenvalue weighted by molar-refractivity contribution is 5.79. The van der Waals surface area contributed by atoms with Crippen molar-refractivity contribution >= 4 is 16.9 Å². The van der Waals surface area contributed by atoms with Gasteiger partial charge in [0.2, 0.25) is 5.91 Å². The maximum Gasteiger partial charge on any atom is 0.264 e. The summed E-state index contributed by atoms with van der Waals surface area (Å²) in [7, 11) is 0. The Morgan fingerprint density at radius 2 is 2.14 bits per heavy atom. The molecular formula is C20H20N6O2. The minimum Gasteiger partial charge on any atom is -0.336 e. The van der Waals surface area contributed by atoms with E-state index in [9.17, 15) is 14.9 Å². The molecule has 1 saturated carbocycles. The molecule has 3 aromatic rings. The lowest BCUT2D eigenvalue weighted by atomic mass is 9.98. The van der Waals surface area contributed by atoms with Crippen LogP contribution in [0.2, 0.25) is 0 Å². The first kappa shape index (κ1) is 17.9. The molecule has 1 aliphatic rings. The van der Waals surface area contributed by atoms with Gasteiger partial charge < -0.3 is 5.32 Å². The summed E-state index contributed by atoms with van der Waals surface area (Å²) in [5, 5.41) is 16.8. The molecule has 1 atom stereocenters. The zero-order valence-electron chi connectivity index (χ0n) is 15.7. The van der Waals surface area contributed by atoms with Gasteiger partial charge in [-0.05, 0) is 44.2 Å². The lowest BCUT2D eigenvalue weighted by Gasteiger charge is -2.22. The van der Waals surface area contributed by atoms with Crippen molar-refractivity contribution in [3.05, 3.63) is 52.7 Å². The average Bonchev–Trinajstić information content (AvgIpc) is 3.45. The summed E-state index contributed by atoms with van der Waals surface area (Å²) in [6.07, 6.45) is 4.67. The Morgan fingerprint density at radius 1 is 1.39 bits per heavy atom. The monoisotopic (exact) mass is 376 g/mol. The largest absolute Gasteiger partial charge is 0.336 e. The van der Waals surface area contributed by atoms with Crippen molar-refractivity contribution in [1.29, 1.82) is 5.26 Å². The number of amides is 1. The van der Waals surface area contributed by atoms with E-state index in [2.05, 4.69) is 21.5 Å². The van der Waals surface area contributed by atoms with E-state index < -0.39 is 5.54 Å². The number of benzene rings is 1. The van der Waals surface area contributed by atoms with Crippen LogP contribution in [0.15, 0.2) is 41.6 Å². The van der Waals surface area contributed by atoms with Crippen molar-refractivity contribution in [2.75, 3.05) is 0 Å². The summed E-state index contributed by atoms with van der Waals surface area (Å²) >= 11 is 0. The van der Waals surface area contributed by atoms with Gasteiger partial charge in [-0.25, -0.2) is 9.67 Å². The molecule has 8 nitrogen and oxygen atoms in total. The predicted octanol–water partition coefficient (Wildman–Crippen LogP) is 1.70. The van der Waals surface area contributed by atoms with Crippen LogP contribution in [-0.2, 0) is 11.3 Å². The Hall–Kier alpha value is -3.47. The lowest BCUT2D eigenvalue weighted by Crippen LogP contribution is -2.48. The van der Waals surface area contributed by atoms with Crippen LogP contribution in [0.25, 0.3) is 16.7 Å².